The van der Waals surface area contributed by atoms with Gasteiger partial charge in [-0.1, -0.05) is 11.6 Å². The third-order valence-corrected chi connectivity index (χ3v) is 2.34. The van der Waals surface area contributed by atoms with Crippen molar-refractivity contribution in [2.75, 3.05) is 13.1 Å². The van der Waals surface area contributed by atoms with E-state index in [4.69, 9.17) is 16.7 Å². The number of hydrogen-bond acceptors (Lipinski definition) is 3. The van der Waals surface area contributed by atoms with Crippen LogP contribution < -0.4 is 0 Å². The minimum Gasteiger partial charge on any atom is -0.390 e. The largest absolute Gasteiger partial charge is 0.390 e. The molecule has 0 aliphatic carbocycles. The van der Waals surface area contributed by atoms with Crippen LogP contribution in [0.15, 0.2) is 18.3 Å². The molecule has 1 aliphatic heterocycles. The molecular weight excluding hydrogens is 188 g/mol. The zero-order chi connectivity index (χ0) is 9.26. The fourth-order valence-electron chi connectivity index (χ4n) is 1.44. The van der Waals surface area contributed by atoms with Crippen molar-refractivity contribution < 1.29 is 5.11 Å². The molecule has 0 spiro atoms. The monoisotopic (exact) mass is 198 g/mol. The molecule has 0 unspecified atom stereocenters. The maximum absolute atomic E-state index is 9.06. The minimum atomic E-state index is -0.154. The average Bonchev–Trinajstić information content (AvgIpc) is 2.01. The number of rotatable bonds is 2. The molecule has 1 aromatic heterocycles. The topological polar surface area (TPSA) is 36.4 Å². The highest BCUT2D eigenvalue weighted by molar-refractivity contribution is 6.30. The number of pyridine rings is 1. The molecule has 2 heterocycles. The highest BCUT2D eigenvalue weighted by atomic mass is 35.5. The number of nitrogens with zero attached hydrogens (tertiary/aromatic N) is 2. The molecule has 0 atom stereocenters. The number of aliphatic hydroxyl groups excluding tert-OH is 1. The molecule has 4 heteroatoms. The van der Waals surface area contributed by atoms with Crippen molar-refractivity contribution in [2.45, 2.75) is 12.6 Å². The summed E-state index contributed by atoms with van der Waals surface area (Å²) in [5.74, 6) is 0. The van der Waals surface area contributed by atoms with Crippen LogP contribution in [-0.4, -0.2) is 34.2 Å². The van der Waals surface area contributed by atoms with E-state index in [-0.39, 0.29) is 6.10 Å². The van der Waals surface area contributed by atoms with Gasteiger partial charge in [-0.2, -0.15) is 0 Å². The molecule has 0 amide bonds. The Morgan fingerprint density at radius 2 is 2.38 bits per heavy atom. The van der Waals surface area contributed by atoms with Crippen LogP contribution in [0.1, 0.15) is 5.69 Å². The molecule has 0 bridgehead atoms. The molecule has 3 nitrogen and oxygen atoms in total. The normalized spacial score (nSPS) is 18.6. The summed E-state index contributed by atoms with van der Waals surface area (Å²) < 4.78 is 0. The van der Waals surface area contributed by atoms with Crippen molar-refractivity contribution in [2.24, 2.45) is 0 Å². The maximum atomic E-state index is 9.06. The lowest BCUT2D eigenvalue weighted by molar-refractivity contribution is -0.00353. The minimum absolute atomic E-state index is 0.154. The third kappa shape index (κ3) is 2.18. The van der Waals surface area contributed by atoms with Gasteiger partial charge >= 0.3 is 0 Å². The van der Waals surface area contributed by atoms with Gasteiger partial charge in [-0.25, -0.2) is 0 Å². The lowest BCUT2D eigenvalue weighted by atomic mass is 10.1. The summed E-state index contributed by atoms with van der Waals surface area (Å²) in [6, 6.07) is 3.61. The van der Waals surface area contributed by atoms with Gasteiger partial charge in [-0.15, -0.1) is 0 Å². The van der Waals surface area contributed by atoms with E-state index in [0.29, 0.717) is 5.02 Å². The molecular formula is C9H11ClN2O. The van der Waals surface area contributed by atoms with Crippen LogP contribution in [0.25, 0.3) is 0 Å². The van der Waals surface area contributed by atoms with Crippen molar-refractivity contribution >= 4 is 11.6 Å². The predicted molar refractivity (Wildman–Crippen MR) is 50.5 cm³/mol. The van der Waals surface area contributed by atoms with Gasteiger partial charge in [0.25, 0.3) is 0 Å². The molecule has 1 saturated heterocycles. The number of aromatic nitrogens is 1. The fraction of sp³-hybridized carbons (Fsp3) is 0.444. The molecule has 0 saturated carbocycles. The van der Waals surface area contributed by atoms with Crippen molar-refractivity contribution in [3.05, 3.63) is 29.0 Å². The van der Waals surface area contributed by atoms with E-state index in [0.717, 1.165) is 25.3 Å². The van der Waals surface area contributed by atoms with Crippen LogP contribution in [0.2, 0.25) is 5.02 Å². The fourth-order valence-corrected chi connectivity index (χ4v) is 1.62. The Morgan fingerprint density at radius 3 is 3.00 bits per heavy atom. The van der Waals surface area contributed by atoms with E-state index < -0.39 is 0 Å². The lowest BCUT2D eigenvalue weighted by Gasteiger charge is -2.35. The number of hydrogen-bond donors (Lipinski definition) is 1. The molecule has 1 aromatic rings. The summed E-state index contributed by atoms with van der Waals surface area (Å²) in [6.45, 7) is 2.26. The number of halogens is 1. The van der Waals surface area contributed by atoms with E-state index >= 15 is 0 Å². The second kappa shape index (κ2) is 3.62. The van der Waals surface area contributed by atoms with Crippen LogP contribution in [0, 0.1) is 0 Å². The zero-order valence-electron chi connectivity index (χ0n) is 7.15. The first-order valence-electron chi connectivity index (χ1n) is 4.25. The van der Waals surface area contributed by atoms with Crippen LogP contribution in [-0.2, 0) is 6.54 Å². The van der Waals surface area contributed by atoms with E-state index in [9.17, 15) is 0 Å². The second-order valence-corrected chi connectivity index (χ2v) is 3.75. The quantitative estimate of drug-likeness (QED) is 0.768. The van der Waals surface area contributed by atoms with E-state index in [2.05, 4.69) is 9.88 Å². The number of likely N-dealkylation sites (tertiary alicyclic amines) is 1. The SMILES string of the molecule is OC1CN(Cc2cc(Cl)ccn2)C1. The van der Waals surface area contributed by atoms with Crippen LogP contribution in [0.4, 0.5) is 0 Å². The van der Waals surface area contributed by atoms with Gasteiger partial charge in [-0.3, -0.25) is 9.88 Å². The first-order chi connectivity index (χ1) is 6.24. The second-order valence-electron chi connectivity index (χ2n) is 3.31. The first-order valence-corrected chi connectivity index (χ1v) is 4.63. The molecule has 13 heavy (non-hydrogen) atoms. The van der Waals surface area contributed by atoms with E-state index in [1.54, 1.807) is 12.3 Å². The molecule has 1 fully saturated rings. The summed E-state index contributed by atoms with van der Waals surface area (Å²) in [5.41, 5.74) is 0.958. The van der Waals surface area contributed by atoms with Gasteiger partial charge in [0.05, 0.1) is 11.8 Å². The van der Waals surface area contributed by atoms with Gasteiger partial charge in [0, 0.05) is 30.9 Å². The van der Waals surface area contributed by atoms with Crippen molar-refractivity contribution in [1.29, 1.82) is 0 Å². The average molecular weight is 199 g/mol. The van der Waals surface area contributed by atoms with E-state index in [1.165, 1.54) is 0 Å². The zero-order valence-corrected chi connectivity index (χ0v) is 7.91. The van der Waals surface area contributed by atoms with Gasteiger partial charge in [0.2, 0.25) is 0 Å². The standard InChI is InChI=1S/C9H11ClN2O/c10-7-1-2-11-8(3-7)4-12-5-9(13)6-12/h1-3,9,13H,4-6H2. The Kier molecular flexibility index (Phi) is 2.49. The molecule has 1 N–H and O–H groups in total. The highest BCUT2D eigenvalue weighted by Gasteiger charge is 2.24. The Bertz CT molecular complexity index is 299. The van der Waals surface area contributed by atoms with Crippen LogP contribution in [0.3, 0.4) is 0 Å². The molecule has 2 rings (SSSR count). The Hall–Kier alpha value is -0.640. The van der Waals surface area contributed by atoms with E-state index in [1.807, 2.05) is 6.07 Å². The Morgan fingerprint density at radius 1 is 1.62 bits per heavy atom. The van der Waals surface area contributed by atoms with Gasteiger partial charge in [0.15, 0.2) is 0 Å². The van der Waals surface area contributed by atoms with Gasteiger partial charge in [0.1, 0.15) is 0 Å². The number of β-amino-alcohol motifs (C(OH)–C–C–N with tert-alkyl or cyclic N) is 1. The lowest BCUT2D eigenvalue weighted by Crippen LogP contribution is -2.49. The first kappa shape index (κ1) is 8.94. The summed E-state index contributed by atoms with van der Waals surface area (Å²) in [7, 11) is 0. The number of aliphatic hydroxyl groups is 1. The van der Waals surface area contributed by atoms with Gasteiger partial charge in [-0.05, 0) is 12.1 Å². The third-order valence-electron chi connectivity index (χ3n) is 2.10. The molecule has 70 valence electrons. The van der Waals surface area contributed by atoms with Crippen molar-refractivity contribution in [3.63, 3.8) is 0 Å². The summed E-state index contributed by atoms with van der Waals surface area (Å²) >= 11 is 5.81. The Balaban J connectivity index is 1.94. The van der Waals surface area contributed by atoms with Crippen LogP contribution in [0.5, 0.6) is 0 Å². The summed E-state index contributed by atoms with van der Waals surface area (Å²) in [5, 5.41) is 9.78. The predicted octanol–water partition coefficient (Wildman–Crippen LogP) is 0.911. The molecule has 1 aliphatic rings. The summed E-state index contributed by atoms with van der Waals surface area (Å²) in [4.78, 5) is 6.31. The summed E-state index contributed by atoms with van der Waals surface area (Å²) in [6.07, 6.45) is 1.55. The van der Waals surface area contributed by atoms with Gasteiger partial charge < -0.3 is 5.11 Å². The smallest absolute Gasteiger partial charge is 0.0794 e. The molecule has 0 radical (unpaired) electrons. The maximum Gasteiger partial charge on any atom is 0.0794 e. The highest BCUT2D eigenvalue weighted by Crippen LogP contribution is 2.14. The Labute approximate surface area is 82.0 Å². The van der Waals surface area contributed by atoms with Crippen molar-refractivity contribution in [3.8, 4) is 0 Å². The molecule has 0 aromatic carbocycles. The van der Waals surface area contributed by atoms with Crippen molar-refractivity contribution in [1.82, 2.24) is 9.88 Å². The van der Waals surface area contributed by atoms with Crippen LogP contribution >= 0.6 is 11.6 Å².